The zero-order valence-corrected chi connectivity index (χ0v) is 14.1. The SMILES string of the molecule is CC(C)c1cc(Oc2ccc3c(c2)CCC3=O)nc(C(C)C)n1. The van der Waals surface area contributed by atoms with Gasteiger partial charge < -0.3 is 4.74 Å². The summed E-state index contributed by atoms with van der Waals surface area (Å²) in [5.74, 6) is 2.86. The topological polar surface area (TPSA) is 52.1 Å². The van der Waals surface area contributed by atoms with E-state index < -0.39 is 0 Å². The predicted octanol–water partition coefficient (Wildman–Crippen LogP) is 4.64. The number of rotatable bonds is 4. The molecule has 1 aromatic carbocycles. The third kappa shape index (κ3) is 3.26. The third-order valence-corrected chi connectivity index (χ3v) is 4.07. The molecule has 0 spiro atoms. The molecule has 1 aliphatic rings. The minimum Gasteiger partial charge on any atom is -0.439 e. The van der Waals surface area contributed by atoms with Gasteiger partial charge in [-0.1, -0.05) is 27.7 Å². The second kappa shape index (κ2) is 6.11. The van der Waals surface area contributed by atoms with E-state index >= 15 is 0 Å². The first kappa shape index (κ1) is 15.7. The van der Waals surface area contributed by atoms with Crippen molar-refractivity contribution in [1.29, 1.82) is 0 Å². The van der Waals surface area contributed by atoms with Gasteiger partial charge in [-0.15, -0.1) is 0 Å². The molecule has 0 bridgehead atoms. The molecule has 4 nitrogen and oxygen atoms in total. The van der Waals surface area contributed by atoms with E-state index in [-0.39, 0.29) is 11.7 Å². The maximum absolute atomic E-state index is 11.7. The summed E-state index contributed by atoms with van der Waals surface area (Å²) in [5, 5.41) is 0. The first-order valence-corrected chi connectivity index (χ1v) is 8.17. The van der Waals surface area contributed by atoms with Crippen molar-refractivity contribution in [3.05, 3.63) is 46.9 Å². The number of ketones is 1. The molecule has 0 N–H and O–H groups in total. The highest BCUT2D eigenvalue weighted by molar-refractivity contribution is 6.00. The molecule has 120 valence electrons. The summed E-state index contributed by atoms with van der Waals surface area (Å²) in [7, 11) is 0. The van der Waals surface area contributed by atoms with Gasteiger partial charge in [0.15, 0.2) is 5.78 Å². The van der Waals surface area contributed by atoms with Gasteiger partial charge in [0.05, 0.1) is 5.69 Å². The van der Waals surface area contributed by atoms with Crippen molar-refractivity contribution >= 4 is 5.78 Å². The zero-order chi connectivity index (χ0) is 16.6. The van der Waals surface area contributed by atoms with Gasteiger partial charge in [-0.3, -0.25) is 4.79 Å². The Bertz CT molecular complexity index is 725. The Balaban J connectivity index is 1.92. The normalized spacial score (nSPS) is 13.7. The number of nitrogens with zero attached hydrogens (tertiary/aromatic N) is 2. The van der Waals surface area contributed by atoms with Crippen molar-refractivity contribution in [2.24, 2.45) is 0 Å². The van der Waals surface area contributed by atoms with Crippen LogP contribution in [0.25, 0.3) is 0 Å². The number of hydrogen-bond donors (Lipinski definition) is 0. The lowest BCUT2D eigenvalue weighted by Crippen LogP contribution is -2.04. The van der Waals surface area contributed by atoms with Crippen LogP contribution in [0.4, 0.5) is 0 Å². The molecule has 0 atom stereocenters. The molecule has 1 aromatic heterocycles. The smallest absolute Gasteiger partial charge is 0.222 e. The largest absolute Gasteiger partial charge is 0.439 e. The monoisotopic (exact) mass is 310 g/mol. The van der Waals surface area contributed by atoms with E-state index in [4.69, 9.17) is 4.74 Å². The number of carbonyl (C=O) groups is 1. The Morgan fingerprint density at radius 1 is 1.00 bits per heavy atom. The number of carbonyl (C=O) groups excluding carboxylic acids is 1. The molecule has 2 aromatic rings. The average molecular weight is 310 g/mol. The molecule has 4 heteroatoms. The van der Waals surface area contributed by atoms with E-state index in [2.05, 4.69) is 37.7 Å². The quantitative estimate of drug-likeness (QED) is 0.825. The molecule has 1 aliphatic carbocycles. The van der Waals surface area contributed by atoms with Crippen LogP contribution >= 0.6 is 0 Å². The lowest BCUT2D eigenvalue weighted by molar-refractivity contribution is 0.0994. The molecule has 0 saturated carbocycles. The van der Waals surface area contributed by atoms with Crippen molar-refractivity contribution in [3.8, 4) is 11.6 Å². The molecule has 0 amide bonds. The number of aromatic nitrogens is 2. The Morgan fingerprint density at radius 3 is 2.48 bits per heavy atom. The molecule has 0 fully saturated rings. The van der Waals surface area contributed by atoms with Gasteiger partial charge in [-0.25, -0.2) is 4.98 Å². The van der Waals surface area contributed by atoms with Gasteiger partial charge in [-0.05, 0) is 36.1 Å². The van der Waals surface area contributed by atoms with E-state index in [9.17, 15) is 4.79 Å². The maximum Gasteiger partial charge on any atom is 0.222 e. The minimum absolute atomic E-state index is 0.220. The summed E-state index contributed by atoms with van der Waals surface area (Å²) in [6, 6.07) is 7.55. The first-order valence-electron chi connectivity index (χ1n) is 8.17. The molecular weight excluding hydrogens is 288 g/mol. The fourth-order valence-corrected chi connectivity index (χ4v) is 2.68. The van der Waals surface area contributed by atoms with E-state index in [0.717, 1.165) is 34.8 Å². The highest BCUT2D eigenvalue weighted by Gasteiger charge is 2.20. The molecule has 3 rings (SSSR count). The fourth-order valence-electron chi connectivity index (χ4n) is 2.68. The molecule has 0 unspecified atom stereocenters. The number of fused-ring (bicyclic) bond motifs is 1. The molecular formula is C19H22N2O2. The predicted molar refractivity (Wildman–Crippen MR) is 89.4 cm³/mol. The average Bonchev–Trinajstić information content (AvgIpc) is 2.87. The number of aryl methyl sites for hydroxylation is 1. The summed E-state index contributed by atoms with van der Waals surface area (Å²) in [5.41, 5.74) is 2.87. The lowest BCUT2D eigenvalue weighted by Gasteiger charge is -2.13. The first-order chi connectivity index (χ1) is 10.9. The maximum atomic E-state index is 11.7. The molecule has 23 heavy (non-hydrogen) atoms. The lowest BCUT2D eigenvalue weighted by atomic mass is 10.1. The van der Waals surface area contributed by atoms with E-state index in [1.807, 2.05) is 24.3 Å². The van der Waals surface area contributed by atoms with Gasteiger partial charge >= 0.3 is 0 Å². The fraction of sp³-hybridized carbons (Fsp3) is 0.421. The number of benzene rings is 1. The summed E-state index contributed by atoms with van der Waals surface area (Å²) >= 11 is 0. The van der Waals surface area contributed by atoms with Gasteiger partial charge in [0, 0.05) is 24.0 Å². The minimum atomic E-state index is 0.220. The Kier molecular flexibility index (Phi) is 4.16. The summed E-state index contributed by atoms with van der Waals surface area (Å²) in [4.78, 5) is 20.8. The Hall–Kier alpha value is -2.23. The summed E-state index contributed by atoms with van der Waals surface area (Å²) in [6.45, 7) is 8.36. The summed E-state index contributed by atoms with van der Waals surface area (Å²) < 4.78 is 5.96. The molecule has 0 saturated heterocycles. The van der Waals surface area contributed by atoms with E-state index in [0.29, 0.717) is 18.2 Å². The van der Waals surface area contributed by atoms with Crippen molar-refractivity contribution in [3.63, 3.8) is 0 Å². The van der Waals surface area contributed by atoms with Gasteiger partial charge in [-0.2, -0.15) is 4.98 Å². The van der Waals surface area contributed by atoms with Gasteiger partial charge in [0.2, 0.25) is 5.88 Å². The van der Waals surface area contributed by atoms with Gasteiger partial charge in [0.25, 0.3) is 0 Å². The van der Waals surface area contributed by atoms with Crippen molar-refractivity contribution in [2.75, 3.05) is 0 Å². The van der Waals surface area contributed by atoms with E-state index in [1.165, 1.54) is 0 Å². The van der Waals surface area contributed by atoms with Crippen LogP contribution in [0.2, 0.25) is 0 Å². The number of ether oxygens (including phenoxy) is 1. The standard InChI is InChI=1S/C19H22N2O2/c1-11(2)16-10-18(21-19(20-16)12(3)4)23-14-6-7-15-13(9-14)5-8-17(15)22/h6-7,9-12H,5,8H2,1-4H3. The van der Waals surface area contributed by atoms with Crippen molar-refractivity contribution in [2.45, 2.75) is 52.4 Å². The number of hydrogen-bond acceptors (Lipinski definition) is 4. The Labute approximate surface area is 136 Å². The molecule has 0 aliphatic heterocycles. The van der Waals surface area contributed by atoms with Crippen LogP contribution in [0.15, 0.2) is 24.3 Å². The molecule has 1 heterocycles. The van der Waals surface area contributed by atoms with Crippen LogP contribution in [-0.4, -0.2) is 15.8 Å². The van der Waals surface area contributed by atoms with E-state index in [1.54, 1.807) is 0 Å². The van der Waals surface area contributed by atoms with Crippen molar-refractivity contribution < 1.29 is 9.53 Å². The van der Waals surface area contributed by atoms with Crippen molar-refractivity contribution in [1.82, 2.24) is 9.97 Å². The second-order valence-corrected chi connectivity index (χ2v) is 6.64. The van der Waals surface area contributed by atoms with Crippen LogP contribution in [0.3, 0.4) is 0 Å². The van der Waals surface area contributed by atoms with Crippen LogP contribution in [0, 0.1) is 0 Å². The Morgan fingerprint density at radius 2 is 1.78 bits per heavy atom. The highest BCUT2D eigenvalue weighted by atomic mass is 16.5. The third-order valence-electron chi connectivity index (χ3n) is 4.07. The zero-order valence-electron chi connectivity index (χ0n) is 14.1. The van der Waals surface area contributed by atoms with Gasteiger partial charge in [0.1, 0.15) is 11.6 Å². The molecule has 0 radical (unpaired) electrons. The van der Waals surface area contributed by atoms with Crippen LogP contribution in [0.1, 0.15) is 73.4 Å². The number of Topliss-reactive ketones (excluding diaryl/α,β-unsaturated/α-hetero) is 1. The van der Waals surface area contributed by atoms with Crippen LogP contribution in [-0.2, 0) is 6.42 Å². The van der Waals surface area contributed by atoms with Crippen LogP contribution in [0.5, 0.6) is 11.6 Å². The van der Waals surface area contributed by atoms with Crippen LogP contribution < -0.4 is 4.74 Å². The second-order valence-electron chi connectivity index (χ2n) is 6.64. The summed E-state index contributed by atoms with van der Waals surface area (Å²) in [6.07, 6.45) is 1.39. The highest BCUT2D eigenvalue weighted by Crippen LogP contribution is 2.29.